The van der Waals surface area contributed by atoms with Crippen LogP contribution in [0.3, 0.4) is 0 Å². The Labute approximate surface area is 237 Å². The van der Waals surface area contributed by atoms with E-state index in [1.54, 1.807) is 0 Å². The monoisotopic (exact) mass is 456 g/mol. The van der Waals surface area contributed by atoms with Crippen molar-refractivity contribution in [2.45, 2.75) is 44.5 Å². The van der Waals surface area contributed by atoms with E-state index in [-0.39, 0.29) is 55.7 Å². The Balaban J connectivity index is 0.00000306. The predicted molar refractivity (Wildman–Crippen MR) is 136 cm³/mol. The smallest absolute Gasteiger partial charge is 0.841 e. The van der Waals surface area contributed by atoms with Gasteiger partial charge in [0, 0.05) is 0 Å². The van der Waals surface area contributed by atoms with Crippen LogP contribution in [0.5, 0.6) is 0 Å². The predicted octanol–water partition coefficient (Wildman–Crippen LogP) is -0.284. The Morgan fingerprint density at radius 1 is 0.714 bits per heavy atom. The summed E-state index contributed by atoms with van der Waals surface area (Å²) in [7, 11) is 6.21. The molecule has 0 heterocycles. The molecule has 0 bridgehead atoms. The number of hydrogen-bond donors (Lipinski definition) is 0. The minimum absolute atomic E-state index is 0. The molecule has 35 heavy (non-hydrogen) atoms. The molecule has 4 atom stereocenters. The molecule has 0 aromatic heterocycles. The molecule has 3 aromatic rings. The third-order valence-electron chi connectivity index (χ3n) is 6.44. The molecule has 0 saturated carbocycles. The van der Waals surface area contributed by atoms with Gasteiger partial charge in [-0.25, -0.2) is 0 Å². The van der Waals surface area contributed by atoms with Gasteiger partial charge in [-0.3, -0.25) is 0 Å². The molecular weight excluding hydrogens is 418 g/mol. The maximum Gasteiger partial charge on any atom is 1.00 e. The van der Waals surface area contributed by atoms with E-state index < -0.39 is 6.23 Å². The van der Waals surface area contributed by atoms with Crippen LogP contribution in [0, 0.1) is 12.3 Å². The van der Waals surface area contributed by atoms with Gasteiger partial charge in [-0.15, -0.1) is 12.1 Å². The molecule has 0 fully saturated rings. The third kappa shape index (κ3) is 8.89. The van der Waals surface area contributed by atoms with Crippen molar-refractivity contribution in [2.24, 2.45) is 5.92 Å². The van der Waals surface area contributed by atoms with Crippen LogP contribution in [0.15, 0.2) is 91.0 Å². The summed E-state index contributed by atoms with van der Waals surface area (Å²) in [5.41, 5.74) is 3.50. The second-order valence-corrected chi connectivity index (χ2v) is 9.11. The summed E-state index contributed by atoms with van der Waals surface area (Å²) in [6, 6.07) is 31.3. The van der Waals surface area contributed by atoms with Crippen molar-refractivity contribution in [1.82, 2.24) is 9.80 Å². The summed E-state index contributed by atoms with van der Waals surface area (Å²) in [6.45, 7) is 2.19. The Bertz CT molecular complexity index is 925. The molecule has 0 aliphatic carbocycles. The summed E-state index contributed by atoms with van der Waals surface area (Å²) in [5, 5.41) is 14.1. The molecule has 0 saturated heterocycles. The second-order valence-electron chi connectivity index (χ2n) is 9.11. The number of rotatable bonds is 12. The van der Waals surface area contributed by atoms with Crippen LogP contribution in [0.2, 0.25) is 0 Å². The van der Waals surface area contributed by atoms with Crippen LogP contribution in [0.1, 0.15) is 55.0 Å². The molecule has 0 amide bonds. The number of nitrogens with zero attached hydrogens (tertiary/aromatic N) is 2. The second kappa shape index (κ2) is 16.4. The van der Waals surface area contributed by atoms with E-state index in [0.29, 0.717) is 0 Å². The zero-order chi connectivity index (χ0) is 23.6. The normalized spacial score (nSPS) is 14.4. The largest absolute Gasteiger partial charge is 1.00 e. The molecule has 0 N–H and O–H groups in total. The first kappa shape index (κ1) is 31.6. The molecule has 1 unspecified atom stereocenters. The van der Waals surface area contributed by atoms with Crippen molar-refractivity contribution in [3.8, 4) is 0 Å². The molecule has 0 aliphatic rings. The zero-order valence-corrected chi connectivity index (χ0v) is 22.5. The van der Waals surface area contributed by atoms with Crippen LogP contribution in [-0.2, 0) is 0 Å². The summed E-state index contributed by atoms with van der Waals surface area (Å²) >= 11 is 0. The molecule has 176 valence electrons. The third-order valence-corrected chi connectivity index (χ3v) is 6.44. The Kier molecular flexibility index (Phi) is 14.8. The van der Waals surface area contributed by atoms with Gasteiger partial charge in [0.25, 0.3) is 0 Å². The van der Waals surface area contributed by atoms with Crippen molar-refractivity contribution in [1.29, 1.82) is 0 Å². The van der Waals surface area contributed by atoms with Gasteiger partial charge in [0.05, 0.1) is 12.1 Å². The van der Waals surface area contributed by atoms with Crippen molar-refractivity contribution >= 4 is 0 Å². The standard InChI is InChI=1S/C30H38N2O.2Li/c1-5-6-18-27(23-24-16-10-7-11-17-24)30(33)32(4)29(26-21-14-9-15-22-26)28(31(2)3)25-19-12-8-13-20-25;;/h7-17,19-23,27-30H,5-6,18H2,1-4H3;;/q-2;2*+1/t27-,28+,29+,30?;;/m1../s1. The summed E-state index contributed by atoms with van der Waals surface area (Å²) in [5.74, 6) is -0.0675. The van der Waals surface area contributed by atoms with Gasteiger partial charge in [-0.05, 0) is 32.3 Å². The molecule has 5 heteroatoms. The summed E-state index contributed by atoms with van der Waals surface area (Å²) in [6.07, 6.45) is 4.35. The molecule has 0 radical (unpaired) electrons. The Morgan fingerprint density at radius 2 is 1.17 bits per heavy atom. The molecule has 0 aliphatic heterocycles. The maximum absolute atomic E-state index is 14.1. The van der Waals surface area contributed by atoms with Crippen molar-refractivity contribution in [3.05, 3.63) is 114 Å². The van der Waals surface area contributed by atoms with Gasteiger partial charge in [-0.2, -0.15) is 24.1 Å². The fourth-order valence-electron chi connectivity index (χ4n) is 4.72. The first-order valence-electron chi connectivity index (χ1n) is 12.1. The van der Waals surface area contributed by atoms with Crippen LogP contribution in [0.25, 0.3) is 0 Å². The Morgan fingerprint density at radius 3 is 1.63 bits per heavy atom. The topological polar surface area (TPSA) is 29.5 Å². The van der Waals surface area contributed by atoms with E-state index in [1.165, 1.54) is 5.56 Å². The van der Waals surface area contributed by atoms with E-state index in [9.17, 15) is 5.11 Å². The van der Waals surface area contributed by atoms with E-state index in [1.807, 2.05) is 37.4 Å². The molecule has 3 aromatic carbocycles. The summed E-state index contributed by atoms with van der Waals surface area (Å²) in [4.78, 5) is 4.30. The molecule has 0 spiro atoms. The number of likely N-dealkylation sites (N-methyl/N-ethyl adjacent to an activating group) is 2. The number of hydrogen-bond acceptors (Lipinski definition) is 3. The fraction of sp³-hybridized carbons (Fsp3) is 0.367. The van der Waals surface area contributed by atoms with E-state index in [0.717, 1.165) is 30.4 Å². The van der Waals surface area contributed by atoms with Gasteiger partial charge in [-0.1, -0.05) is 105 Å². The van der Waals surface area contributed by atoms with Gasteiger partial charge in [0.2, 0.25) is 0 Å². The van der Waals surface area contributed by atoms with E-state index >= 15 is 0 Å². The molecule has 3 rings (SSSR count). The van der Waals surface area contributed by atoms with Gasteiger partial charge >= 0.3 is 37.7 Å². The minimum atomic E-state index is -0.854. The van der Waals surface area contributed by atoms with Crippen molar-refractivity contribution < 1.29 is 42.8 Å². The Hall–Kier alpha value is -1.40. The summed E-state index contributed by atoms with van der Waals surface area (Å²) < 4.78 is 0. The van der Waals surface area contributed by atoms with E-state index in [4.69, 9.17) is 0 Å². The van der Waals surface area contributed by atoms with Crippen LogP contribution in [0.4, 0.5) is 0 Å². The molecule has 3 nitrogen and oxygen atoms in total. The van der Waals surface area contributed by atoms with Gasteiger partial charge in [0.1, 0.15) is 0 Å². The van der Waals surface area contributed by atoms with Crippen LogP contribution in [-0.4, -0.2) is 37.2 Å². The van der Waals surface area contributed by atoms with Gasteiger partial charge < -0.3 is 14.9 Å². The van der Waals surface area contributed by atoms with Crippen molar-refractivity contribution in [2.75, 3.05) is 21.1 Å². The maximum atomic E-state index is 14.1. The molecular formula is C30H38Li2N2O. The van der Waals surface area contributed by atoms with Crippen LogP contribution < -0.4 is 42.8 Å². The average molecular weight is 457 g/mol. The first-order valence-corrected chi connectivity index (χ1v) is 12.1. The van der Waals surface area contributed by atoms with E-state index in [2.05, 4.69) is 97.9 Å². The quantitative estimate of drug-likeness (QED) is 0.213. The number of unbranched alkanes of at least 4 members (excludes halogenated alkanes) is 1. The number of benzene rings is 3. The van der Waals surface area contributed by atoms with Crippen molar-refractivity contribution in [3.63, 3.8) is 0 Å². The van der Waals surface area contributed by atoms with Crippen LogP contribution >= 0.6 is 0 Å². The zero-order valence-electron chi connectivity index (χ0n) is 22.5. The first-order chi connectivity index (χ1) is 16.0. The fourth-order valence-corrected chi connectivity index (χ4v) is 4.72. The average Bonchev–Trinajstić information content (AvgIpc) is 2.85. The minimum Gasteiger partial charge on any atom is -0.841 e. The SMILES string of the molecule is CCCC[C@H]([CH-]c1ccccc1)C([O-])N(C)[C@@H](c1ccccc1)[C@H](c1ccccc1)N(C)C.[Li+].[Li+]. The van der Waals surface area contributed by atoms with Gasteiger partial charge in [0.15, 0.2) is 0 Å².